The van der Waals surface area contributed by atoms with E-state index in [-0.39, 0.29) is 5.91 Å². The molecule has 1 saturated heterocycles. The summed E-state index contributed by atoms with van der Waals surface area (Å²) in [6, 6.07) is 5.48. The molecule has 4 nitrogen and oxygen atoms in total. The molecule has 19 heavy (non-hydrogen) atoms. The highest BCUT2D eigenvalue weighted by Gasteiger charge is 2.17. The van der Waals surface area contributed by atoms with Crippen molar-refractivity contribution in [2.75, 3.05) is 37.4 Å². The van der Waals surface area contributed by atoms with Crippen molar-refractivity contribution in [3.63, 3.8) is 0 Å². The van der Waals surface area contributed by atoms with Gasteiger partial charge in [0.25, 0.3) is 5.91 Å². The van der Waals surface area contributed by atoms with Crippen LogP contribution in [0.4, 0.5) is 11.4 Å². The van der Waals surface area contributed by atoms with Crippen LogP contribution in [0.15, 0.2) is 29.3 Å². The SMILES string of the molecule is CC(C(=O)Nc1cc(Cl)ccc1N(C)C)=C1CNC1. The van der Waals surface area contributed by atoms with Gasteiger partial charge in [-0.3, -0.25) is 4.79 Å². The zero-order chi connectivity index (χ0) is 14.0. The van der Waals surface area contributed by atoms with Crippen LogP contribution in [0.5, 0.6) is 0 Å². The number of nitrogens with one attached hydrogen (secondary N) is 2. The van der Waals surface area contributed by atoms with E-state index in [0.29, 0.717) is 5.02 Å². The van der Waals surface area contributed by atoms with Crippen molar-refractivity contribution in [1.29, 1.82) is 0 Å². The highest BCUT2D eigenvalue weighted by molar-refractivity contribution is 6.31. The Morgan fingerprint density at radius 3 is 2.58 bits per heavy atom. The fourth-order valence-corrected chi connectivity index (χ4v) is 2.06. The van der Waals surface area contributed by atoms with Crippen LogP contribution in [0.3, 0.4) is 0 Å². The first-order valence-corrected chi connectivity index (χ1v) is 6.54. The minimum atomic E-state index is -0.0677. The second kappa shape index (κ2) is 5.63. The van der Waals surface area contributed by atoms with Gasteiger partial charge >= 0.3 is 0 Å². The molecule has 0 saturated carbocycles. The summed E-state index contributed by atoms with van der Waals surface area (Å²) < 4.78 is 0. The quantitative estimate of drug-likeness (QED) is 0.835. The summed E-state index contributed by atoms with van der Waals surface area (Å²) >= 11 is 5.99. The van der Waals surface area contributed by atoms with E-state index < -0.39 is 0 Å². The molecule has 0 unspecified atom stereocenters. The second-order valence-electron chi connectivity index (χ2n) is 4.84. The normalized spacial score (nSPS) is 13.8. The summed E-state index contributed by atoms with van der Waals surface area (Å²) in [5, 5.41) is 6.67. The van der Waals surface area contributed by atoms with Crippen molar-refractivity contribution in [1.82, 2.24) is 5.32 Å². The predicted molar refractivity (Wildman–Crippen MR) is 80.0 cm³/mol. The molecule has 0 aliphatic carbocycles. The van der Waals surface area contributed by atoms with Crippen LogP contribution in [0.25, 0.3) is 0 Å². The summed E-state index contributed by atoms with van der Waals surface area (Å²) in [4.78, 5) is 14.1. The van der Waals surface area contributed by atoms with E-state index in [1.807, 2.05) is 38.1 Å². The van der Waals surface area contributed by atoms with E-state index in [1.165, 1.54) is 0 Å². The lowest BCUT2D eigenvalue weighted by Crippen LogP contribution is -2.36. The van der Waals surface area contributed by atoms with Crippen LogP contribution >= 0.6 is 11.6 Å². The third-order valence-corrected chi connectivity index (χ3v) is 3.47. The monoisotopic (exact) mass is 279 g/mol. The Hall–Kier alpha value is -1.52. The molecule has 0 aromatic heterocycles. The molecular formula is C14H18ClN3O. The average Bonchev–Trinajstić information content (AvgIpc) is 2.26. The summed E-state index contributed by atoms with van der Waals surface area (Å²) in [7, 11) is 3.86. The largest absolute Gasteiger partial charge is 0.376 e. The van der Waals surface area contributed by atoms with Crippen LogP contribution in [0, 0.1) is 0 Å². The minimum Gasteiger partial charge on any atom is -0.376 e. The molecule has 2 N–H and O–H groups in total. The smallest absolute Gasteiger partial charge is 0.251 e. The van der Waals surface area contributed by atoms with Gasteiger partial charge in [-0.05, 0) is 30.7 Å². The highest BCUT2D eigenvalue weighted by atomic mass is 35.5. The Labute approximate surface area is 118 Å². The first kappa shape index (κ1) is 13.9. The Morgan fingerprint density at radius 2 is 2.05 bits per heavy atom. The van der Waals surface area contributed by atoms with E-state index in [4.69, 9.17) is 11.6 Å². The van der Waals surface area contributed by atoms with Crippen LogP contribution in [0.1, 0.15) is 6.92 Å². The van der Waals surface area contributed by atoms with Crippen molar-refractivity contribution in [2.24, 2.45) is 0 Å². The summed E-state index contributed by atoms with van der Waals surface area (Å²) in [6.45, 7) is 3.45. The third-order valence-electron chi connectivity index (χ3n) is 3.24. The lowest BCUT2D eigenvalue weighted by molar-refractivity contribution is -0.112. The van der Waals surface area contributed by atoms with E-state index in [1.54, 1.807) is 6.07 Å². The number of hydrogen-bond acceptors (Lipinski definition) is 3. The Bertz CT molecular complexity index is 531. The van der Waals surface area contributed by atoms with E-state index in [0.717, 1.165) is 35.6 Å². The van der Waals surface area contributed by atoms with Crippen molar-refractivity contribution in [3.05, 3.63) is 34.4 Å². The Balaban J connectivity index is 2.23. The van der Waals surface area contributed by atoms with Gasteiger partial charge in [0, 0.05) is 37.8 Å². The van der Waals surface area contributed by atoms with Gasteiger partial charge in [-0.25, -0.2) is 0 Å². The molecule has 0 radical (unpaired) electrons. The number of benzene rings is 1. The molecule has 5 heteroatoms. The second-order valence-corrected chi connectivity index (χ2v) is 5.28. The summed E-state index contributed by atoms with van der Waals surface area (Å²) in [6.07, 6.45) is 0. The lowest BCUT2D eigenvalue weighted by atomic mass is 10.0. The molecular weight excluding hydrogens is 262 g/mol. The van der Waals surface area contributed by atoms with Gasteiger partial charge in [-0.1, -0.05) is 11.6 Å². The molecule has 2 rings (SSSR count). The molecule has 1 aliphatic rings. The van der Waals surface area contributed by atoms with Crippen molar-refractivity contribution in [3.8, 4) is 0 Å². The standard InChI is InChI=1S/C14H18ClN3O/c1-9(10-7-16-8-10)14(19)17-12-6-11(15)4-5-13(12)18(2)3/h4-6,16H,7-8H2,1-3H3,(H,17,19). The maximum Gasteiger partial charge on any atom is 0.251 e. The van der Waals surface area contributed by atoms with Gasteiger partial charge in [0.2, 0.25) is 0 Å². The summed E-state index contributed by atoms with van der Waals surface area (Å²) in [5.74, 6) is -0.0677. The zero-order valence-corrected chi connectivity index (χ0v) is 12.1. The average molecular weight is 280 g/mol. The molecule has 0 atom stereocenters. The predicted octanol–water partition coefficient (Wildman–Crippen LogP) is 2.26. The Morgan fingerprint density at radius 1 is 1.37 bits per heavy atom. The molecule has 1 fully saturated rings. The molecule has 1 aliphatic heterocycles. The van der Waals surface area contributed by atoms with Crippen LogP contribution in [-0.2, 0) is 4.79 Å². The zero-order valence-electron chi connectivity index (χ0n) is 11.4. The number of anilines is 2. The molecule has 1 aromatic carbocycles. The maximum absolute atomic E-state index is 12.2. The first-order chi connectivity index (χ1) is 8.99. The molecule has 0 bridgehead atoms. The van der Waals surface area contributed by atoms with Crippen LogP contribution in [-0.4, -0.2) is 33.1 Å². The van der Waals surface area contributed by atoms with Crippen molar-refractivity contribution in [2.45, 2.75) is 6.92 Å². The fourth-order valence-electron chi connectivity index (χ4n) is 1.89. The van der Waals surface area contributed by atoms with Gasteiger partial charge < -0.3 is 15.5 Å². The summed E-state index contributed by atoms with van der Waals surface area (Å²) in [5.41, 5.74) is 3.60. The Kier molecular flexibility index (Phi) is 4.12. The lowest BCUT2D eigenvalue weighted by Gasteiger charge is -2.22. The molecule has 102 valence electrons. The number of rotatable bonds is 3. The molecule has 1 aromatic rings. The number of carbonyl (C=O) groups excluding carboxylic acids is 1. The molecule has 1 heterocycles. The van der Waals surface area contributed by atoms with Crippen molar-refractivity contribution < 1.29 is 4.79 Å². The van der Waals surface area contributed by atoms with Gasteiger partial charge in [-0.15, -0.1) is 0 Å². The van der Waals surface area contributed by atoms with E-state index >= 15 is 0 Å². The fraction of sp³-hybridized carbons (Fsp3) is 0.357. The van der Waals surface area contributed by atoms with Gasteiger partial charge in [-0.2, -0.15) is 0 Å². The van der Waals surface area contributed by atoms with Crippen molar-refractivity contribution >= 4 is 28.9 Å². The van der Waals surface area contributed by atoms with E-state index in [9.17, 15) is 4.79 Å². The third kappa shape index (κ3) is 3.08. The van der Waals surface area contributed by atoms with E-state index in [2.05, 4.69) is 10.6 Å². The number of carbonyl (C=O) groups is 1. The van der Waals surface area contributed by atoms with Gasteiger partial charge in [0.1, 0.15) is 0 Å². The number of amides is 1. The number of halogens is 1. The highest BCUT2D eigenvalue weighted by Crippen LogP contribution is 2.28. The maximum atomic E-state index is 12.2. The molecule has 0 spiro atoms. The molecule has 1 amide bonds. The van der Waals surface area contributed by atoms with Crippen LogP contribution in [0.2, 0.25) is 5.02 Å². The van der Waals surface area contributed by atoms with Gasteiger partial charge in [0.05, 0.1) is 11.4 Å². The minimum absolute atomic E-state index is 0.0677. The number of nitrogens with zero attached hydrogens (tertiary/aromatic N) is 1. The van der Waals surface area contributed by atoms with Crippen LogP contribution < -0.4 is 15.5 Å². The number of hydrogen-bond donors (Lipinski definition) is 2. The first-order valence-electron chi connectivity index (χ1n) is 6.16. The van der Waals surface area contributed by atoms with Gasteiger partial charge in [0.15, 0.2) is 0 Å². The topological polar surface area (TPSA) is 44.4 Å².